The van der Waals surface area contributed by atoms with E-state index in [4.69, 9.17) is 11.6 Å². The minimum atomic E-state index is -4.34. The van der Waals surface area contributed by atoms with E-state index in [0.717, 1.165) is 41.4 Å². The highest BCUT2D eigenvalue weighted by Gasteiger charge is 2.43. The summed E-state index contributed by atoms with van der Waals surface area (Å²) in [5.74, 6) is -1.45. The van der Waals surface area contributed by atoms with Crippen molar-refractivity contribution >= 4 is 50.7 Å². The maximum atomic E-state index is 14.3. The largest absolute Gasteiger partial charge is 0.344 e. The Morgan fingerprint density at radius 2 is 1.66 bits per heavy atom. The normalized spacial score (nSPS) is 19.0. The summed E-state index contributed by atoms with van der Waals surface area (Å²) in [6.07, 6.45) is 1.60. The topological polar surface area (TPSA) is 140 Å². The monoisotopic (exact) mass is 678 g/mol. The van der Waals surface area contributed by atoms with Crippen molar-refractivity contribution in [2.75, 3.05) is 35.8 Å². The minimum Gasteiger partial charge on any atom is -0.344 e. The lowest BCUT2D eigenvalue weighted by Crippen LogP contribution is -2.55. The Morgan fingerprint density at radius 3 is 2.36 bits per heavy atom. The Bertz CT molecular complexity index is 1790. The number of nitrogens with zero attached hydrogens (tertiary/aromatic N) is 2. The third kappa shape index (κ3) is 6.87. The predicted octanol–water partition coefficient (Wildman–Crippen LogP) is 3.40. The van der Waals surface area contributed by atoms with Crippen LogP contribution in [0.5, 0.6) is 0 Å². The lowest BCUT2D eigenvalue weighted by Gasteiger charge is -2.37. The zero-order valence-electron chi connectivity index (χ0n) is 26.4. The molecule has 3 aromatic rings. The number of halogens is 1. The van der Waals surface area contributed by atoms with Crippen molar-refractivity contribution in [1.82, 2.24) is 20.9 Å². The van der Waals surface area contributed by atoms with E-state index in [9.17, 15) is 22.8 Å². The second-order valence-electron chi connectivity index (χ2n) is 12.3. The molecule has 2 saturated heterocycles. The summed E-state index contributed by atoms with van der Waals surface area (Å²) in [6.45, 7) is 6.32. The Kier molecular flexibility index (Phi) is 9.56. The number of benzene rings is 3. The molecule has 11 nitrogen and oxygen atoms in total. The van der Waals surface area contributed by atoms with Gasteiger partial charge in [0, 0.05) is 37.6 Å². The molecule has 0 aliphatic carbocycles. The second-order valence-corrected chi connectivity index (χ2v) is 14.5. The number of hydrogen-bond acceptors (Lipinski definition) is 7. The van der Waals surface area contributed by atoms with Crippen LogP contribution in [-0.2, 0) is 30.8 Å². The SMILES string of the molecule is Cc1cc(S(=O)(=O)N2c3ccccc3NC(=O)C2CC(=O)NC(Cc2ccc(C3NCCN3)cc2)C(=O)N2CCCC2)c(C)cc1Cl. The summed E-state index contributed by atoms with van der Waals surface area (Å²) in [7, 11) is -4.34. The van der Waals surface area contributed by atoms with Crippen LogP contribution in [0, 0.1) is 13.8 Å². The number of carbonyl (C=O) groups excluding carboxylic acids is 3. The van der Waals surface area contributed by atoms with Gasteiger partial charge in [0.2, 0.25) is 17.7 Å². The lowest BCUT2D eigenvalue weighted by atomic mass is 10.0. The van der Waals surface area contributed by atoms with Crippen LogP contribution in [0.25, 0.3) is 0 Å². The molecular weight excluding hydrogens is 640 g/mol. The molecule has 3 aliphatic heterocycles. The number of fused-ring (bicyclic) bond motifs is 1. The smallest absolute Gasteiger partial charge is 0.265 e. The third-order valence-electron chi connectivity index (χ3n) is 8.98. The van der Waals surface area contributed by atoms with Gasteiger partial charge in [-0.3, -0.25) is 29.3 Å². The van der Waals surface area contributed by atoms with E-state index in [-0.39, 0.29) is 29.1 Å². The molecule has 0 radical (unpaired) electrons. The van der Waals surface area contributed by atoms with E-state index >= 15 is 0 Å². The highest BCUT2D eigenvalue weighted by atomic mass is 35.5. The molecule has 3 aromatic carbocycles. The molecule has 0 spiro atoms. The first-order valence-corrected chi connectivity index (χ1v) is 17.7. The Balaban J connectivity index is 1.28. The first kappa shape index (κ1) is 33.0. The zero-order chi connectivity index (χ0) is 33.3. The van der Waals surface area contributed by atoms with Gasteiger partial charge < -0.3 is 15.5 Å². The van der Waals surface area contributed by atoms with E-state index in [2.05, 4.69) is 21.3 Å². The number of nitrogens with one attached hydrogen (secondary N) is 4. The van der Waals surface area contributed by atoms with Crippen LogP contribution in [0.15, 0.2) is 65.6 Å². The van der Waals surface area contributed by atoms with Gasteiger partial charge in [-0.05, 0) is 73.2 Å². The number of amides is 3. The van der Waals surface area contributed by atoms with Crippen LogP contribution >= 0.6 is 11.6 Å². The number of rotatable bonds is 9. The molecule has 2 atom stereocenters. The van der Waals surface area contributed by atoms with Gasteiger partial charge in [-0.25, -0.2) is 8.42 Å². The van der Waals surface area contributed by atoms with Gasteiger partial charge in [0.25, 0.3) is 10.0 Å². The minimum absolute atomic E-state index is 0.0113. The van der Waals surface area contributed by atoms with Crippen LogP contribution < -0.4 is 25.6 Å². The van der Waals surface area contributed by atoms with E-state index < -0.39 is 40.3 Å². The van der Waals surface area contributed by atoms with Gasteiger partial charge in [-0.15, -0.1) is 0 Å². The van der Waals surface area contributed by atoms with Crippen LogP contribution in [0.3, 0.4) is 0 Å². The average Bonchev–Trinajstić information content (AvgIpc) is 3.78. The summed E-state index contributed by atoms with van der Waals surface area (Å²) in [5, 5.41) is 12.8. The highest BCUT2D eigenvalue weighted by molar-refractivity contribution is 7.93. The first-order valence-electron chi connectivity index (χ1n) is 15.9. The summed E-state index contributed by atoms with van der Waals surface area (Å²) in [5.41, 5.74) is 3.48. The summed E-state index contributed by atoms with van der Waals surface area (Å²) in [4.78, 5) is 42.7. The number of hydrogen-bond donors (Lipinski definition) is 4. The molecule has 47 heavy (non-hydrogen) atoms. The molecule has 3 heterocycles. The fourth-order valence-electron chi connectivity index (χ4n) is 6.48. The van der Waals surface area contributed by atoms with Gasteiger partial charge in [0.15, 0.2) is 0 Å². The van der Waals surface area contributed by atoms with Crippen molar-refractivity contribution in [2.24, 2.45) is 0 Å². The molecule has 6 rings (SSSR count). The molecule has 0 aromatic heterocycles. The number of aryl methyl sites for hydroxylation is 2. The van der Waals surface area contributed by atoms with Crippen LogP contribution in [-0.4, -0.2) is 69.3 Å². The molecule has 0 bridgehead atoms. The maximum Gasteiger partial charge on any atom is 0.265 e. The average molecular weight is 679 g/mol. The van der Waals surface area contributed by atoms with Crippen molar-refractivity contribution in [2.45, 2.75) is 62.7 Å². The molecule has 2 unspecified atom stereocenters. The Labute approximate surface area is 280 Å². The van der Waals surface area contributed by atoms with E-state index in [1.54, 1.807) is 49.1 Å². The van der Waals surface area contributed by atoms with E-state index in [1.807, 2.05) is 24.3 Å². The molecule has 248 valence electrons. The zero-order valence-corrected chi connectivity index (χ0v) is 28.0. The maximum absolute atomic E-state index is 14.3. The molecule has 2 fully saturated rings. The predicted molar refractivity (Wildman–Crippen MR) is 181 cm³/mol. The molecular formula is C34H39ClN6O5S. The van der Waals surface area contributed by atoms with Crippen molar-refractivity contribution in [1.29, 1.82) is 0 Å². The summed E-state index contributed by atoms with van der Waals surface area (Å²) < 4.78 is 29.7. The van der Waals surface area contributed by atoms with Crippen molar-refractivity contribution in [3.05, 3.63) is 87.9 Å². The number of sulfonamides is 1. The molecule has 4 N–H and O–H groups in total. The van der Waals surface area contributed by atoms with Crippen LogP contribution in [0.2, 0.25) is 5.02 Å². The van der Waals surface area contributed by atoms with Gasteiger partial charge in [0.1, 0.15) is 12.1 Å². The van der Waals surface area contributed by atoms with Gasteiger partial charge in [-0.1, -0.05) is 48.0 Å². The van der Waals surface area contributed by atoms with E-state index in [1.165, 1.54) is 6.07 Å². The standard InChI is InChI=1S/C34H39ClN6O5S/c1-21-18-30(22(2)17-25(21)35)47(45,46)41-28-8-4-3-7-26(28)39-33(43)29(41)20-31(42)38-27(34(44)40-15-5-6-16-40)19-23-9-11-24(12-10-23)32-36-13-14-37-32/h3-4,7-12,17-18,27,29,32,36-37H,5-6,13-16,19-20H2,1-2H3,(H,38,42)(H,39,43). The van der Waals surface area contributed by atoms with Crippen LogP contribution in [0.1, 0.15) is 47.7 Å². The van der Waals surface area contributed by atoms with Gasteiger partial charge in [-0.2, -0.15) is 0 Å². The number of anilines is 2. The second kappa shape index (κ2) is 13.6. The number of carbonyl (C=O) groups is 3. The van der Waals surface area contributed by atoms with Crippen molar-refractivity contribution in [3.8, 4) is 0 Å². The third-order valence-corrected chi connectivity index (χ3v) is 11.4. The van der Waals surface area contributed by atoms with Gasteiger partial charge >= 0.3 is 0 Å². The molecule has 13 heteroatoms. The molecule has 3 amide bonds. The van der Waals surface area contributed by atoms with Crippen LogP contribution in [0.4, 0.5) is 11.4 Å². The van der Waals surface area contributed by atoms with E-state index in [0.29, 0.717) is 34.9 Å². The summed E-state index contributed by atoms with van der Waals surface area (Å²) in [6, 6.07) is 15.2. The fourth-order valence-corrected chi connectivity index (χ4v) is 8.63. The lowest BCUT2D eigenvalue weighted by molar-refractivity contribution is -0.135. The summed E-state index contributed by atoms with van der Waals surface area (Å²) >= 11 is 6.28. The molecule has 3 aliphatic rings. The molecule has 0 saturated carbocycles. The Morgan fingerprint density at radius 1 is 0.979 bits per heavy atom. The van der Waals surface area contributed by atoms with Crippen molar-refractivity contribution < 1.29 is 22.8 Å². The first-order chi connectivity index (χ1) is 22.5. The highest BCUT2D eigenvalue weighted by Crippen LogP contribution is 2.38. The van der Waals surface area contributed by atoms with Crippen molar-refractivity contribution in [3.63, 3.8) is 0 Å². The fraction of sp³-hybridized carbons (Fsp3) is 0.382. The quantitative estimate of drug-likeness (QED) is 0.272. The Hall–Kier alpha value is -3.97. The van der Waals surface area contributed by atoms with Gasteiger partial charge in [0.05, 0.1) is 28.9 Å². The number of likely N-dealkylation sites (tertiary alicyclic amines) is 1. The number of para-hydroxylation sites is 2.